The second-order valence-electron chi connectivity index (χ2n) is 16.0. The maximum Gasteiger partial charge on any atom is 0.0640 e. The van der Waals surface area contributed by atoms with E-state index < -0.39 is 0 Å². The first-order valence-electron chi connectivity index (χ1n) is 20.4. The van der Waals surface area contributed by atoms with Gasteiger partial charge in [-0.15, -0.1) is 11.3 Å². The Morgan fingerprint density at radius 1 is 0.373 bits per heavy atom. The van der Waals surface area contributed by atoms with Crippen molar-refractivity contribution >= 4 is 48.6 Å². The second-order valence-corrected chi connectivity index (χ2v) is 17.1. The molecule has 0 amide bonds. The van der Waals surface area contributed by atoms with Gasteiger partial charge in [-0.3, -0.25) is 0 Å². The van der Waals surface area contributed by atoms with Gasteiger partial charge in [-0.05, 0) is 97.6 Å². The molecular formula is C57H41NS. The minimum absolute atomic E-state index is 0.0820. The van der Waals surface area contributed by atoms with Gasteiger partial charge in [-0.25, -0.2) is 0 Å². The van der Waals surface area contributed by atoms with E-state index in [2.05, 4.69) is 231 Å². The zero-order valence-electron chi connectivity index (χ0n) is 33.1. The maximum absolute atomic E-state index is 2.53. The largest absolute Gasteiger partial charge is 0.308 e. The van der Waals surface area contributed by atoms with Crippen LogP contribution in [0.15, 0.2) is 212 Å². The Morgan fingerprint density at radius 2 is 0.932 bits per heavy atom. The highest BCUT2D eigenvalue weighted by Gasteiger charge is 2.35. The fourth-order valence-electron chi connectivity index (χ4n) is 9.46. The summed E-state index contributed by atoms with van der Waals surface area (Å²) in [6.45, 7) is 4.72. The molecule has 0 aliphatic heterocycles. The van der Waals surface area contributed by atoms with Gasteiger partial charge < -0.3 is 4.90 Å². The quantitative estimate of drug-likeness (QED) is 0.156. The Labute approximate surface area is 350 Å². The molecule has 1 aliphatic carbocycles. The Balaban J connectivity index is 1.18. The molecule has 0 spiro atoms. The van der Waals surface area contributed by atoms with Gasteiger partial charge in [0, 0.05) is 32.1 Å². The fourth-order valence-corrected chi connectivity index (χ4v) is 10.7. The molecule has 0 fully saturated rings. The number of nitrogens with zero attached hydrogens (tertiary/aromatic N) is 1. The van der Waals surface area contributed by atoms with Crippen LogP contribution in [0.3, 0.4) is 0 Å². The highest BCUT2D eigenvalue weighted by molar-refractivity contribution is 7.26. The van der Waals surface area contributed by atoms with Crippen LogP contribution in [-0.2, 0) is 5.41 Å². The first-order valence-corrected chi connectivity index (χ1v) is 21.2. The van der Waals surface area contributed by atoms with E-state index in [1.165, 1.54) is 86.9 Å². The summed E-state index contributed by atoms with van der Waals surface area (Å²) in [6, 6.07) is 78.2. The van der Waals surface area contributed by atoms with E-state index in [0.717, 1.165) is 17.1 Å². The SMILES string of the molecule is CC1(C)c2ccccc2-c2ccc(-c3cccc(N(c4cccc(-c5ccccc5)c4-c4ccccc4-c4ccccc4)c4cccc5c4sc4ccccc45)c3)cc21. The van der Waals surface area contributed by atoms with Gasteiger partial charge in [-0.2, -0.15) is 0 Å². The maximum atomic E-state index is 2.53. The van der Waals surface area contributed by atoms with Gasteiger partial charge in [0.1, 0.15) is 0 Å². The number of anilines is 3. The summed E-state index contributed by atoms with van der Waals surface area (Å²) in [4.78, 5) is 2.53. The molecule has 0 saturated carbocycles. The highest BCUT2D eigenvalue weighted by atomic mass is 32.1. The first-order chi connectivity index (χ1) is 29.0. The molecule has 0 atom stereocenters. The Kier molecular flexibility index (Phi) is 8.43. The number of rotatable bonds is 7. The van der Waals surface area contributed by atoms with Crippen molar-refractivity contribution in [2.24, 2.45) is 0 Å². The van der Waals surface area contributed by atoms with Gasteiger partial charge in [0.15, 0.2) is 0 Å². The standard InChI is InChI=1S/C57H41NS/c1-57(2)50-30-13-11-25-45(50)46-35-34-41(37-51(46)57)40-22-15-23-42(36-40)58(53-32-17-29-49-47-26-12-14-33-54(47)59-56(49)53)52-31-16-28-44(39-20-7-4-8-21-39)55(52)48-27-10-9-24-43(48)38-18-5-3-6-19-38/h3-37H,1-2H3. The molecule has 59 heavy (non-hydrogen) atoms. The summed E-state index contributed by atoms with van der Waals surface area (Å²) < 4.78 is 2.56. The van der Waals surface area contributed by atoms with Gasteiger partial charge in [0.05, 0.1) is 16.1 Å². The Morgan fingerprint density at radius 3 is 1.75 bits per heavy atom. The summed E-state index contributed by atoms with van der Waals surface area (Å²) >= 11 is 1.87. The third kappa shape index (κ3) is 5.82. The van der Waals surface area contributed by atoms with Crippen LogP contribution in [0.2, 0.25) is 0 Å². The molecule has 1 heterocycles. The van der Waals surface area contributed by atoms with Gasteiger partial charge >= 0.3 is 0 Å². The van der Waals surface area contributed by atoms with Crippen molar-refractivity contribution < 1.29 is 0 Å². The zero-order valence-corrected chi connectivity index (χ0v) is 33.9. The highest BCUT2D eigenvalue weighted by Crippen LogP contribution is 2.52. The lowest BCUT2D eigenvalue weighted by Crippen LogP contribution is -2.15. The van der Waals surface area contributed by atoms with Crippen molar-refractivity contribution in [3.63, 3.8) is 0 Å². The van der Waals surface area contributed by atoms with Crippen molar-refractivity contribution in [1.82, 2.24) is 0 Å². The van der Waals surface area contributed by atoms with E-state index >= 15 is 0 Å². The van der Waals surface area contributed by atoms with Crippen LogP contribution in [0, 0.1) is 0 Å². The van der Waals surface area contributed by atoms with Crippen LogP contribution < -0.4 is 4.90 Å². The summed E-state index contributed by atoms with van der Waals surface area (Å²) in [5.41, 5.74) is 18.3. The van der Waals surface area contributed by atoms with E-state index in [0.29, 0.717) is 0 Å². The predicted molar refractivity (Wildman–Crippen MR) is 253 cm³/mol. The van der Waals surface area contributed by atoms with Crippen LogP contribution in [0.5, 0.6) is 0 Å². The van der Waals surface area contributed by atoms with Crippen LogP contribution in [0.25, 0.3) is 75.8 Å². The molecule has 1 aliphatic rings. The average Bonchev–Trinajstić information content (AvgIpc) is 3.79. The van der Waals surface area contributed by atoms with Gasteiger partial charge in [-0.1, -0.05) is 190 Å². The average molecular weight is 772 g/mol. The number of hydrogen-bond donors (Lipinski definition) is 0. The number of thiophene rings is 1. The van der Waals surface area contributed by atoms with Gasteiger partial charge in [0.25, 0.3) is 0 Å². The second kappa shape index (κ2) is 14.1. The summed E-state index contributed by atoms with van der Waals surface area (Å²) in [5, 5.41) is 2.56. The molecule has 11 rings (SSSR count). The summed E-state index contributed by atoms with van der Waals surface area (Å²) in [5.74, 6) is 0. The van der Waals surface area contributed by atoms with E-state index in [1.54, 1.807) is 0 Å². The lowest BCUT2D eigenvalue weighted by Gasteiger charge is -2.30. The Hall–Kier alpha value is -7.00. The molecule has 9 aromatic carbocycles. The van der Waals surface area contributed by atoms with E-state index in [9.17, 15) is 0 Å². The van der Waals surface area contributed by atoms with Gasteiger partial charge in [0.2, 0.25) is 0 Å². The van der Waals surface area contributed by atoms with E-state index in [4.69, 9.17) is 0 Å². The predicted octanol–water partition coefficient (Wildman–Crippen LogP) is 16.5. The molecule has 0 N–H and O–H groups in total. The van der Waals surface area contributed by atoms with Crippen LogP contribution in [0.4, 0.5) is 17.1 Å². The van der Waals surface area contributed by atoms with Crippen molar-refractivity contribution in [2.75, 3.05) is 4.90 Å². The summed E-state index contributed by atoms with van der Waals surface area (Å²) in [6.07, 6.45) is 0. The zero-order chi connectivity index (χ0) is 39.5. The van der Waals surface area contributed by atoms with Crippen molar-refractivity contribution in [1.29, 1.82) is 0 Å². The Bertz CT molecular complexity index is 3190. The third-order valence-corrected chi connectivity index (χ3v) is 13.5. The fraction of sp³-hybridized carbons (Fsp3) is 0.0526. The first kappa shape index (κ1) is 35.2. The monoisotopic (exact) mass is 771 g/mol. The molecule has 10 aromatic rings. The van der Waals surface area contributed by atoms with E-state index in [-0.39, 0.29) is 5.41 Å². The smallest absolute Gasteiger partial charge is 0.0640 e. The lowest BCUT2D eigenvalue weighted by molar-refractivity contribution is 0.660. The minimum atomic E-state index is -0.0820. The van der Waals surface area contributed by atoms with Crippen LogP contribution in [-0.4, -0.2) is 0 Å². The molecule has 1 aromatic heterocycles. The topological polar surface area (TPSA) is 3.24 Å². The van der Waals surface area contributed by atoms with Crippen molar-refractivity contribution in [2.45, 2.75) is 19.3 Å². The van der Waals surface area contributed by atoms with Crippen LogP contribution in [0.1, 0.15) is 25.0 Å². The molecule has 280 valence electrons. The molecule has 2 heteroatoms. The number of benzene rings is 9. The summed E-state index contributed by atoms with van der Waals surface area (Å²) in [7, 11) is 0. The minimum Gasteiger partial charge on any atom is -0.308 e. The molecule has 0 unspecified atom stereocenters. The normalized spacial score (nSPS) is 12.7. The molecule has 0 radical (unpaired) electrons. The molecular weight excluding hydrogens is 731 g/mol. The molecule has 0 bridgehead atoms. The number of fused-ring (bicyclic) bond motifs is 6. The number of hydrogen-bond acceptors (Lipinski definition) is 2. The van der Waals surface area contributed by atoms with Crippen LogP contribution >= 0.6 is 11.3 Å². The van der Waals surface area contributed by atoms with Crippen molar-refractivity contribution in [3.05, 3.63) is 223 Å². The van der Waals surface area contributed by atoms with E-state index in [1.807, 2.05) is 11.3 Å². The lowest BCUT2D eigenvalue weighted by atomic mass is 9.81. The van der Waals surface area contributed by atoms with Crippen molar-refractivity contribution in [3.8, 4) is 55.6 Å². The molecule has 0 saturated heterocycles. The molecule has 1 nitrogen and oxygen atoms in total. The third-order valence-electron chi connectivity index (χ3n) is 12.3.